The molecule has 3 nitrogen and oxygen atoms in total. The van der Waals surface area contributed by atoms with E-state index in [9.17, 15) is 13.5 Å². The zero-order chi connectivity index (χ0) is 23.9. The predicted octanol–water partition coefficient (Wildman–Crippen LogP) is 7.54. The van der Waals surface area contributed by atoms with Gasteiger partial charge in [-0.25, -0.2) is 0 Å². The molecule has 2 atom stereocenters. The van der Waals surface area contributed by atoms with Crippen molar-refractivity contribution in [2.45, 2.75) is 123 Å². The zero-order valence-corrected chi connectivity index (χ0v) is 23.0. The maximum absolute atomic E-state index is 12.8. The first-order valence-corrected chi connectivity index (χ1v) is 15.8. The standard InChI is InChI=1S/C27H48O3S2/c1-6-8-10-12-14-16-18-31(29)20-25-22(3)26(24(5)27(28)23(25)4)21-32(30)19-17-15-13-11-9-7-2/h28H,6-21H2,1-5H3. The summed E-state index contributed by atoms with van der Waals surface area (Å²) in [4.78, 5) is 0. The summed E-state index contributed by atoms with van der Waals surface area (Å²) in [5, 5.41) is 10.7. The van der Waals surface area contributed by atoms with Crippen LogP contribution in [0.2, 0.25) is 0 Å². The first-order valence-electron chi connectivity index (χ1n) is 12.8. The molecule has 0 bridgehead atoms. The van der Waals surface area contributed by atoms with Gasteiger partial charge in [0.15, 0.2) is 0 Å². The third-order valence-electron chi connectivity index (χ3n) is 6.58. The van der Waals surface area contributed by atoms with Crippen LogP contribution in [-0.2, 0) is 33.1 Å². The molecule has 1 aromatic rings. The van der Waals surface area contributed by atoms with Crippen LogP contribution >= 0.6 is 0 Å². The minimum absolute atomic E-state index is 0.286. The van der Waals surface area contributed by atoms with E-state index < -0.39 is 21.6 Å². The molecule has 0 saturated carbocycles. The Balaban J connectivity index is 2.70. The highest BCUT2D eigenvalue weighted by Gasteiger charge is 2.19. The van der Waals surface area contributed by atoms with Crippen molar-refractivity contribution < 1.29 is 13.5 Å². The fourth-order valence-corrected chi connectivity index (χ4v) is 7.15. The first kappa shape index (κ1) is 29.4. The van der Waals surface area contributed by atoms with E-state index in [1.165, 1.54) is 51.4 Å². The van der Waals surface area contributed by atoms with E-state index >= 15 is 0 Å². The van der Waals surface area contributed by atoms with Crippen molar-refractivity contribution >= 4 is 21.6 Å². The van der Waals surface area contributed by atoms with Crippen molar-refractivity contribution in [1.82, 2.24) is 0 Å². The second-order valence-corrected chi connectivity index (χ2v) is 12.4. The Labute approximate surface area is 203 Å². The van der Waals surface area contributed by atoms with Crippen LogP contribution in [0.15, 0.2) is 0 Å². The number of phenols is 1. The van der Waals surface area contributed by atoms with Gasteiger partial charge in [0.1, 0.15) is 5.75 Å². The van der Waals surface area contributed by atoms with Crippen LogP contribution in [0.4, 0.5) is 0 Å². The van der Waals surface area contributed by atoms with Gasteiger partial charge in [0.25, 0.3) is 0 Å². The number of unbranched alkanes of at least 4 members (excludes halogenated alkanes) is 10. The average molecular weight is 485 g/mol. The van der Waals surface area contributed by atoms with Gasteiger partial charge in [-0.15, -0.1) is 0 Å². The Morgan fingerprint density at radius 1 is 0.562 bits per heavy atom. The predicted molar refractivity (Wildman–Crippen MR) is 142 cm³/mol. The molecule has 32 heavy (non-hydrogen) atoms. The molecule has 5 heteroatoms. The maximum Gasteiger partial charge on any atom is 0.122 e. The summed E-state index contributed by atoms with van der Waals surface area (Å²) in [6, 6.07) is 0. The monoisotopic (exact) mass is 484 g/mol. The smallest absolute Gasteiger partial charge is 0.122 e. The van der Waals surface area contributed by atoms with Crippen LogP contribution in [-0.4, -0.2) is 25.0 Å². The third kappa shape index (κ3) is 10.5. The Morgan fingerprint density at radius 3 is 1.28 bits per heavy atom. The van der Waals surface area contributed by atoms with Gasteiger partial charge < -0.3 is 5.11 Å². The van der Waals surface area contributed by atoms with Crippen molar-refractivity contribution in [3.05, 3.63) is 27.8 Å². The topological polar surface area (TPSA) is 54.4 Å². The number of rotatable bonds is 18. The van der Waals surface area contributed by atoms with Crippen LogP contribution in [0.3, 0.4) is 0 Å². The van der Waals surface area contributed by atoms with Crippen LogP contribution < -0.4 is 0 Å². The van der Waals surface area contributed by atoms with E-state index in [1.54, 1.807) is 0 Å². The highest BCUT2D eigenvalue weighted by atomic mass is 32.2. The zero-order valence-electron chi connectivity index (χ0n) is 21.4. The molecular weight excluding hydrogens is 436 g/mol. The second kappa shape index (κ2) is 16.9. The van der Waals surface area contributed by atoms with Crippen LogP contribution in [0.25, 0.3) is 0 Å². The van der Waals surface area contributed by atoms with E-state index in [0.717, 1.165) is 65.0 Å². The largest absolute Gasteiger partial charge is 0.507 e. The fourth-order valence-electron chi connectivity index (χ4n) is 4.30. The molecule has 0 amide bonds. The van der Waals surface area contributed by atoms with E-state index in [-0.39, 0.29) is 5.75 Å². The van der Waals surface area contributed by atoms with E-state index in [4.69, 9.17) is 0 Å². The molecule has 2 unspecified atom stereocenters. The molecule has 0 radical (unpaired) electrons. The lowest BCUT2D eigenvalue weighted by atomic mass is 9.94. The van der Waals surface area contributed by atoms with Gasteiger partial charge in [-0.3, -0.25) is 8.42 Å². The van der Waals surface area contributed by atoms with Crippen LogP contribution in [0.1, 0.15) is 119 Å². The first-order chi connectivity index (χ1) is 15.3. The molecule has 0 spiro atoms. The lowest BCUT2D eigenvalue weighted by molar-refractivity contribution is 0.465. The SMILES string of the molecule is CCCCCCCCS(=O)Cc1c(C)c(O)c(C)c(CS(=O)CCCCCCCC)c1C. The van der Waals surface area contributed by atoms with Gasteiger partial charge in [-0.1, -0.05) is 78.1 Å². The van der Waals surface area contributed by atoms with Crippen molar-refractivity contribution in [2.75, 3.05) is 11.5 Å². The van der Waals surface area contributed by atoms with Crippen molar-refractivity contribution in [1.29, 1.82) is 0 Å². The minimum Gasteiger partial charge on any atom is -0.507 e. The summed E-state index contributed by atoms with van der Waals surface area (Å²) in [5.41, 5.74) is 4.72. The third-order valence-corrected chi connectivity index (χ3v) is 9.29. The van der Waals surface area contributed by atoms with E-state index in [2.05, 4.69) is 13.8 Å². The summed E-state index contributed by atoms with van der Waals surface area (Å²) >= 11 is 0. The molecule has 0 fully saturated rings. The number of benzene rings is 1. The number of hydrogen-bond acceptors (Lipinski definition) is 3. The molecule has 0 heterocycles. The molecule has 0 aliphatic rings. The fraction of sp³-hybridized carbons (Fsp3) is 0.778. The van der Waals surface area contributed by atoms with Gasteiger partial charge in [0.05, 0.1) is 0 Å². The summed E-state index contributed by atoms with van der Waals surface area (Å²) in [5.74, 6) is 2.70. The molecule has 0 saturated heterocycles. The molecule has 1 rings (SSSR count). The Hall–Kier alpha value is -0.680. The molecule has 186 valence electrons. The summed E-state index contributed by atoms with van der Waals surface area (Å²) in [6.07, 6.45) is 14.3. The normalized spacial score (nSPS) is 13.4. The highest BCUT2D eigenvalue weighted by Crippen LogP contribution is 2.33. The van der Waals surface area contributed by atoms with Gasteiger partial charge in [-0.2, -0.15) is 0 Å². The molecular formula is C27H48O3S2. The molecule has 1 aromatic carbocycles. The van der Waals surface area contributed by atoms with E-state index in [0.29, 0.717) is 11.5 Å². The van der Waals surface area contributed by atoms with Crippen LogP contribution in [0.5, 0.6) is 5.75 Å². The number of phenolic OH excluding ortho intramolecular Hbond substituents is 1. The van der Waals surface area contributed by atoms with Crippen LogP contribution in [0, 0.1) is 20.8 Å². The lowest BCUT2D eigenvalue weighted by Gasteiger charge is -2.19. The van der Waals surface area contributed by atoms with Crippen molar-refractivity contribution in [3.63, 3.8) is 0 Å². The summed E-state index contributed by atoms with van der Waals surface area (Å²) in [7, 11) is -1.86. The summed E-state index contributed by atoms with van der Waals surface area (Å²) < 4.78 is 25.5. The van der Waals surface area contributed by atoms with Gasteiger partial charge in [0.2, 0.25) is 0 Å². The Kier molecular flexibility index (Phi) is 15.5. The van der Waals surface area contributed by atoms with Gasteiger partial charge in [0, 0.05) is 44.6 Å². The quantitative estimate of drug-likeness (QED) is 0.219. The van der Waals surface area contributed by atoms with Gasteiger partial charge >= 0.3 is 0 Å². The average Bonchev–Trinajstić information content (AvgIpc) is 2.77. The minimum atomic E-state index is -0.931. The van der Waals surface area contributed by atoms with E-state index in [1.807, 2.05) is 20.8 Å². The number of aromatic hydroxyl groups is 1. The van der Waals surface area contributed by atoms with Crippen molar-refractivity contribution in [2.24, 2.45) is 0 Å². The second-order valence-electron chi connectivity index (χ2n) is 9.29. The van der Waals surface area contributed by atoms with Crippen molar-refractivity contribution in [3.8, 4) is 5.75 Å². The van der Waals surface area contributed by atoms with Gasteiger partial charge in [-0.05, 0) is 61.4 Å². The Morgan fingerprint density at radius 2 is 0.906 bits per heavy atom. The summed E-state index contributed by atoms with van der Waals surface area (Å²) in [6.45, 7) is 10.3. The number of hydrogen-bond donors (Lipinski definition) is 1. The maximum atomic E-state index is 12.8. The molecule has 0 aliphatic heterocycles. The molecule has 0 aromatic heterocycles. The Bertz CT molecular complexity index is 671. The molecule has 0 aliphatic carbocycles. The molecule has 1 N–H and O–H groups in total. The lowest BCUT2D eigenvalue weighted by Crippen LogP contribution is -2.10. The highest BCUT2D eigenvalue weighted by molar-refractivity contribution is 7.84.